The second-order valence-electron chi connectivity index (χ2n) is 4.09. The highest BCUT2D eigenvalue weighted by Crippen LogP contribution is 2.20. The van der Waals surface area contributed by atoms with E-state index in [4.69, 9.17) is 0 Å². The summed E-state index contributed by atoms with van der Waals surface area (Å²) >= 11 is 0. The maximum absolute atomic E-state index is 12.0. The van der Waals surface area contributed by atoms with E-state index in [1.807, 2.05) is 24.3 Å². The lowest BCUT2D eigenvalue weighted by Gasteiger charge is -2.06. The Morgan fingerprint density at radius 3 is 2.85 bits per heavy atom. The van der Waals surface area contributed by atoms with Crippen LogP contribution in [0.2, 0.25) is 0 Å². The molecule has 0 aliphatic heterocycles. The monoisotopic (exact) mass is 265 g/mol. The van der Waals surface area contributed by atoms with E-state index < -0.39 is 0 Å². The second-order valence-corrected chi connectivity index (χ2v) is 4.09. The van der Waals surface area contributed by atoms with E-state index in [-0.39, 0.29) is 11.6 Å². The minimum Gasteiger partial charge on any atom is -0.345 e. The van der Waals surface area contributed by atoms with E-state index in [9.17, 15) is 4.79 Å². The van der Waals surface area contributed by atoms with Gasteiger partial charge >= 0.3 is 0 Å². The van der Waals surface area contributed by atoms with Gasteiger partial charge in [-0.1, -0.05) is 12.1 Å². The van der Waals surface area contributed by atoms with Crippen molar-refractivity contribution >= 4 is 11.6 Å². The first-order chi connectivity index (χ1) is 9.83. The number of imidazole rings is 1. The first-order valence-electron chi connectivity index (χ1n) is 5.99. The van der Waals surface area contributed by atoms with Crippen molar-refractivity contribution in [3.8, 4) is 11.3 Å². The topological polar surface area (TPSA) is 83.6 Å². The van der Waals surface area contributed by atoms with Crippen LogP contribution >= 0.6 is 0 Å². The molecule has 0 saturated carbocycles. The molecular formula is C14H11N5O. The fourth-order valence-corrected chi connectivity index (χ4v) is 1.79. The molecule has 0 atom stereocenters. The number of amides is 1. The van der Waals surface area contributed by atoms with Crippen molar-refractivity contribution in [3.05, 3.63) is 61.1 Å². The Labute approximate surface area is 114 Å². The zero-order chi connectivity index (χ0) is 13.8. The number of carbonyl (C=O) groups is 1. The third-order valence-electron chi connectivity index (χ3n) is 2.73. The molecule has 0 aliphatic rings. The van der Waals surface area contributed by atoms with Crippen LogP contribution in [0.25, 0.3) is 11.3 Å². The van der Waals surface area contributed by atoms with Gasteiger partial charge in [-0.25, -0.2) is 9.97 Å². The van der Waals surface area contributed by atoms with Gasteiger partial charge in [0.15, 0.2) is 0 Å². The number of aromatic amines is 1. The maximum Gasteiger partial charge on any atom is 0.275 e. The summed E-state index contributed by atoms with van der Waals surface area (Å²) in [6.07, 6.45) is 7.77. The largest absolute Gasteiger partial charge is 0.345 e. The van der Waals surface area contributed by atoms with E-state index in [0.717, 1.165) is 11.3 Å². The SMILES string of the molecule is O=C(Nc1cccc(-c2cnc[nH]2)c1)c1cnccn1. The highest BCUT2D eigenvalue weighted by atomic mass is 16.1. The van der Waals surface area contributed by atoms with Crippen LogP contribution in [-0.4, -0.2) is 25.8 Å². The summed E-state index contributed by atoms with van der Waals surface area (Å²) in [6.45, 7) is 0. The van der Waals surface area contributed by atoms with Crippen LogP contribution < -0.4 is 5.32 Å². The lowest BCUT2D eigenvalue weighted by Crippen LogP contribution is -2.13. The summed E-state index contributed by atoms with van der Waals surface area (Å²) in [4.78, 5) is 26.8. The molecule has 6 nitrogen and oxygen atoms in total. The van der Waals surface area contributed by atoms with Crippen molar-refractivity contribution in [1.29, 1.82) is 0 Å². The fraction of sp³-hybridized carbons (Fsp3) is 0. The molecule has 0 fully saturated rings. The molecular weight excluding hydrogens is 254 g/mol. The quantitative estimate of drug-likeness (QED) is 0.759. The maximum atomic E-state index is 12.0. The summed E-state index contributed by atoms with van der Waals surface area (Å²) in [5.41, 5.74) is 2.80. The fourth-order valence-electron chi connectivity index (χ4n) is 1.79. The smallest absolute Gasteiger partial charge is 0.275 e. The van der Waals surface area contributed by atoms with Gasteiger partial charge in [-0.05, 0) is 12.1 Å². The summed E-state index contributed by atoms with van der Waals surface area (Å²) < 4.78 is 0. The molecule has 1 amide bonds. The summed E-state index contributed by atoms with van der Waals surface area (Å²) in [7, 11) is 0. The van der Waals surface area contributed by atoms with Crippen LogP contribution in [-0.2, 0) is 0 Å². The Balaban J connectivity index is 1.82. The zero-order valence-electron chi connectivity index (χ0n) is 10.4. The first-order valence-corrected chi connectivity index (χ1v) is 5.99. The Kier molecular flexibility index (Phi) is 3.20. The van der Waals surface area contributed by atoms with Gasteiger partial charge in [0.25, 0.3) is 5.91 Å². The van der Waals surface area contributed by atoms with Crippen LogP contribution in [0.5, 0.6) is 0 Å². The molecule has 20 heavy (non-hydrogen) atoms. The number of aromatic nitrogens is 4. The average molecular weight is 265 g/mol. The van der Waals surface area contributed by atoms with Crippen LogP contribution in [0.1, 0.15) is 10.5 Å². The Hall–Kier alpha value is -3.02. The molecule has 3 aromatic rings. The van der Waals surface area contributed by atoms with Crippen molar-refractivity contribution < 1.29 is 4.79 Å². The van der Waals surface area contributed by atoms with E-state index in [0.29, 0.717) is 5.69 Å². The number of benzene rings is 1. The third kappa shape index (κ3) is 2.54. The minimum atomic E-state index is -0.292. The first kappa shape index (κ1) is 12.0. The number of carbonyl (C=O) groups excluding carboxylic acids is 1. The molecule has 2 N–H and O–H groups in total. The van der Waals surface area contributed by atoms with Crippen molar-refractivity contribution in [3.63, 3.8) is 0 Å². The van der Waals surface area contributed by atoms with E-state index in [1.165, 1.54) is 18.6 Å². The van der Waals surface area contributed by atoms with E-state index >= 15 is 0 Å². The average Bonchev–Trinajstić information content (AvgIpc) is 3.03. The van der Waals surface area contributed by atoms with Crippen LogP contribution in [0.4, 0.5) is 5.69 Å². The molecule has 2 heterocycles. The number of anilines is 1. The van der Waals surface area contributed by atoms with Gasteiger partial charge in [0.2, 0.25) is 0 Å². The predicted molar refractivity (Wildman–Crippen MR) is 74.0 cm³/mol. The van der Waals surface area contributed by atoms with Crippen LogP contribution in [0.15, 0.2) is 55.4 Å². The van der Waals surface area contributed by atoms with E-state index in [1.54, 1.807) is 12.5 Å². The highest BCUT2D eigenvalue weighted by Gasteiger charge is 2.08. The van der Waals surface area contributed by atoms with Gasteiger partial charge in [-0.15, -0.1) is 0 Å². The second kappa shape index (κ2) is 5.31. The normalized spacial score (nSPS) is 10.2. The van der Waals surface area contributed by atoms with Gasteiger partial charge in [-0.3, -0.25) is 9.78 Å². The molecule has 0 aliphatic carbocycles. The molecule has 0 saturated heterocycles. The number of H-pyrrole nitrogens is 1. The Bertz CT molecular complexity index is 709. The van der Waals surface area contributed by atoms with Gasteiger partial charge in [0.1, 0.15) is 5.69 Å². The summed E-state index contributed by atoms with van der Waals surface area (Å²) in [6, 6.07) is 7.48. The van der Waals surface area contributed by atoms with Gasteiger partial charge in [-0.2, -0.15) is 0 Å². The number of nitrogens with one attached hydrogen (secondary N) is 2. The van der Waals surface area contributed by atoms with Crippen LogP contribution in [0.3, 0.4) is 0 Å². The molecule has 0 radical (unpaired) electrons. The molecule has 1 aromatic carbocycles. The van der Waals surface area contributed by atoms with Gasteiger partial charge in [0.05, 0.1) is 24.4 Å². The lowest BCUT2D eigenvalue weighted by molar-refractivity contribution is 0.102. The van der Waals surface area contributed by atoms with Crippen molar-refractivity contribution in [2.24, 2.45) is 0 Å². The number of hydrogen-bond donors (Lipinski definition) is 2. The molecule has 2 aromatic heterocycles. The minimum absolute atomic E-state index is 0.277. The van der Waals surface area contributed by atoms with Crippen LogP contribution in [0, 0.1) is 0 Å². The Morgan fingerprint density at radius 1 is 1.15 bits per heavy atom. The standard InChI is InChI=1S/C14H11N5O/c20-14(13-8-15-4-5-17-13)19-11-3-1-2-10(6-11)12-7-16-9-18-12/h1-9H,(H,16,18)(H,19,20). The lowest BCUT2D eigenvalue weighted by atomic mass is 10.1. The summed E-state index contributed by atoms with van der Waals surface area (Å²) in [5, 5.41) is 2.78. The van der Waals surface area contributed by atoms with Crippen molar-refractivity contribution in [2.75, 3.05) is 5.32 Å². The van der Waals surface area contributed by atoms with Gasteiger partial charge < -0.3 is 10.3 Å². The molecule has 0 unspecified atom stereocenters. The molecule has 0 bridgehead atoms. The highest BCUT2D eigenvalue weighted by molar-refractivity contribution is 6.02. The Morgan fingerprint density at radius 2 is 2.10 bits per heavy atom. The van der Waals surface area contributed by atoms with Crippen molar-refractivity contribution in [1.82, 2.24) is 19.9 Å². The predicted octanol–water partition coefficient (Wildman–Crippen LogP) is 2.12. The van der Waals surface area contributed by atoms with Gasteiger partial charge in [0, 0.05) is 23.6 Å². The summed E-state index contributed by atoms with van der Waals surface area (Å²) in [5.74, 6) is -0.292. The number of hydrogen-bond acceptors (Lipinski definition) is 4. The van der Waals surface area contributed by atoms with Crippen molar-refractivity contribution in [2.45, 2.75) is 0 Å². The zero-order valence-corrected chi connectivity index (χ0v) is 10.4. The molecule has 0 spiro atoms. The molecule has 98 valence electrons. The third-order valence-corrected chi connectivity index (χ3v) is 2.73. The molecule has 6 heteroatoms. The number of nitrogens with zero attached hydrogens (tertiary/aromatic N) is 3. The van der Waals surface area contributed by atoms with E-state index in [2.05, 4.69) is 25.3 Å². The molecule has 3 rings (SSSR count). The number of rotatable bonds is 3.